The van der Waals surface area contributed by atoms with Crippen LogP contribution in [0.2, 0.25) is 0 Å². The molecule has 0 amide bonds. The van der Waals surface area contributed by atoms with Crippen molar-refractivity contribution in [2.24, 2.45) is 0 Å². The van der Waals surface area contributed by atoms with Gasteiger partial charge in [-0.2, -0.15) is 4.31 Å². The maximum atomic E-state index is 13.2. The van der Waals surface area contributed by atoms with E-state index in [0.717, 1.165) is 32.8 Å². The zero-order chi connectivity index (χ0) is 20.7. The zero-order valence-electron chi connectivity index (χ0n) is 16.6. The fourth-order valence-corrected chi connectivity index (χ4v) is 4.97. The molecule has 0 radical (unpaired) electrons. The van der Waals surface area contributed by atoms with E-state index in [1.165, 1.54) is 17.5 Å². The lowest BCUT2D eigenvalue weighted by Crippen LogP contribution is -2.42. The smallest absolute Gasteiger partial charge is 0.245 e. The molecule has 0 atom stereocenters. The molecule has 11 heteroatoms. The first-order valence-electron chi connectivity index (χ1n) is 9.61. The van der Waals surface area contributed by atoms with Crippen molar-refractivity contribution in [1.82, 2.24) is 14.5 Å². The average molecular weight is 445 g/mol. The highest BCUT2D eigenvalue weighted by Gasteiger charge is 2.29. The largest absolute Gasteiger partial charge is 0.497 e. The van der Waals surface area contributed by atoms with Crippen molar-refractivity contribution >= 4 is 33.0 Å². The molecule has 0 bridgehead atoms. The SMILES string of the molecule is COc1ccc(NC(=S)NCCN2CCOCC2)c(S(=O)(=O)N2CCOCC2)c1. The summed E-state index contributed by atoms with van der Waals surface area (Å²) in [5, 5.41) is 6.55. The average Bonchev–Trinajstić information content (AvgIpc) is 2.75. The normalized spacial score (nSPS) is 18.9. The monoisotopic (exact) mass is 444 g/mol. The highest BCUT2D eigenvalue weighted by Crippen LogP contribution is 2.29. The minimum Gasteiger partial charge on any atom is -0.497 e. The van der Waals surface area contributed by atoms with Gasteiger partial charge in [0.1, 0.15) is 10.6 Å². The van der Waals surface area contributed by atoms with Crippen LogP contribution in [0.1, 0.15) is 0 Å². The number of morpholine rings is 2. The molecular weight excluding hydrogens is 416 g/mol. The number of ether oxygens (including phenoxy) is 3. The predicted molar refractivity (Wildman–Crippen MR) is 114 cm³/mol. The van der Waals surface area contributed by atoms with Crippen LogP contribution in [0.15, 0.2) is 23.1 Å². The van der Waals surface area contributed by atoms with Gasteiger partial charge in [-0.3, -0.25) is 4.90 Å². The van der Waals surface area contributed by atoms with Crippen LogP contribution < -0.4 is 15.4 Å². The fraction of sp³-hybridized carbons (Fsp3) is 0.611. The maximum absolute atomic E-state index is 13.2. The van der Waals surface area contributed by atoms with E-state index >= 15 is 0 Å². The molecule has 0 spiro atoms. The molecule has 9 nitrogen and oxygen atoms in total. The number of anilines is 1. The Hall–Kier alpha value is -1.50. The van der Waals surface area contributed by atoms with Crippen molar-refractivity contribution in [3.63, 3.8) is 0 Å². The van der Waals surface area contributed by atoms with E-state index in [9.17, 15) is 8.42 Å². The minimum absolute atomic E-state index is 0.135. The molecule has 2 heterocycles. The highest BCUT2D eigenvalue weighted by molar-refractivity contribution is 7.89. The first-order valence-corrected chi connectivity index (χ1v) is 11.5. The van der Waals surface area contributed by atoms with Crippen LogP contribution in [-0.4, -0.2) is 95.5 Å². The van der Waals surface area contributed by atoms with Crippen LogP contribution in [0.3, 0.4) is 0 Å². The van der Waals surface area contributed by atoms with Crippen LogP contribution in [0.5, 0.6) is 5.75 Å². The Morgan fingerprint density at radius 2 is 1.79 bits per heavy atom. The molecule has 2 fully saturated rings. The summed E-state index contributed by atoms with van der Waals surface area (Å²) >= 11 is 5.38. The van der Waals surface area contributed by atoms with Gasteiger partial charge in [-0.05, 0) is 24.4 Å². The molecule has 0 aromatic heterocycles. The van der Waals surface area contributed by atoms with Gasteiger partial charge >= 0.3 is 0 Å². The van der Waals surface area contributed by atoms with E-state index in [4.69, 9.17) is 26.4 Å². The number of nitrogens with zero attached hydrogens (tertiary/aromatic N) is 2. The summed E-state index contributed by atoms with van der Waals surface area (Å²) in [4.78, 5) is 2.43. The second-order valence-electron chi connectivity index (χ2n) is 6.71. The fourth-order valence-electron chi connectivity index (χ4n) is 3.19. The summed E-state index contributed by atoms with van der Waals surface area (Å²) in [7, 11) is -2.20. The number of hydrogen-bond donors (Lipinski definition) is 2. The van der Waals surface area contributed by atoms with Gasteiger partial charge in [0.2, 0.25) is 10.0 Å². The van der Waals surface area contributed by atoms with Crippen molar-refractivity contribution in [2.45, 2.75) is 4.90 Å². The van der Waals surface area contributed by atoms with Gasteiger partial charge in [0.05, 0.1) is 39.2 Å². The Labute approximate surface area is 177 Å². The molecule has 162 valence electrons. The van der Waals surface area contributed by atoms with Crippen LogP contribution in [-0.2, 0) is 19.5 Å². The number of sulfonamides is 1. The van der Waals surface area contributed by atoms with Gasteiger partial charge in [0.25, 0.3) is 0 Å². The van der Waals surface area contributed by atoms with E-state index in [0.29, 0.717) is 49.4 Å². The van der Waals surface area contributed by atoms with Gasteiger partial charge in [0, 0.05) is 45.3 Å². The van der Waals surface area contributed by atoms with E-state index in [1.54, 1.807) is 12.1 Å². The zero-order valence-corrected chi connectivity index (χ0v) is 18.2. The second kappa shape index (κ2) is 10.5. The molecule has 1 aromatic carbocycles. The third-order valence-corrected chi connectivity index (χ3v) is 7.03. The quantitative estimate of drug-likeness (QED) is 0.578. The van der Waals surface area contributed by atoms with E-state index in [2.05, 4.69) is 15.5 Å². The molecule has 1 aromatic rings. The molecule has 0 unspecified atom stereocenters. The highest BCUT2D eigenvalue weighted by atomic mass is 32.2. The lowest BCUT2D eigenvalue weighted by atomic mass is 10.3. The Kier molecular flexibility index (Phi) is 8.04. The third kappa shape index (κ3) is 6.00. The number of nitrogens with one attached hydrogen (secondary N) is 2. The van der Waals surface area contributed by atoms with Crippen LogP contribution in [0.25, 0.3) is 0 Å². The van der Waals surface area contributed by atoms with Crippen LogP contribution in [0, 0.1) is 0 Å². The molecule has 2 aliphatic heterocycles. The summed E-state index contributed by atoms with van der Waals surface area (Å²) in [5.41, 5.74) is 0.418. The number of hydrogen-bond acceptors (Lipinski definition) is 7. The topological polar surface area (TPSA) is 92.4 Å². The van der Waals surface area contributed by atoms with E-state index in [1.807, 2.05) is 0 Å². The van der Waals surface area contributed by atoms with Crippen LogP contribution in [0.4, 0.5) is 5.69 Å². The lowest BCUT2D eigenvalue weighted by molar-refractivity contribution is 0.0389. The molecule has 2 N–H and O–H groups in total. The standard InChI is InChI=1S/C18H28N4O5S2/c1-25-15-2-3-16(17(14-15)29(23,24)22-8-12-27-13-9-22)20-18(28)19-4-5-21-6-10-26-11-7-21/h2-3,14H,4-13H2,1H3,(H2,19,20,28). The van der Waals surface area contributed by atoms with Gasteiger partial charge in [-0.15, -0.1) is 0 Å². The van der Waals surface area contributed by atoms with Gasteiger partial charge in [-0.25, -0.2) is 8.42 Å². The number of rotatable bonds is 7. The third-order valence-electron chi connectivity index (χ3n) is 4.84. The summed E-state index contributed by atoms with van der Waals surface area (Å²) in [6.45, 7) is 6.21. The molecule has 0 saturated carbocycles. The van der Waals surface area contributed by atoms with E-state index < -0.39 is 10.0 Å². The van der Waals surface area contributed by atoms with Crippen molar-refractivity contribution in [3.05, 3.63) is 18.2 Å². The van der Waals surface area contributed by atoms with Crippen molar-refractivity contribution in [3.8, 4) is 5.75 Å². The van der Waals surface area contributed by atoms with E-state index in [-0.39, 0.29) is 4.90 Å². The Balaban J connectivity index is 1.67. The molecule has 2 saturated heterocycles. The van der Waals surface area contributed by atoms with Crippen LogP contribution >= 0.6 is 12.2 Å². The van der Waals surface area contributed by atoms with Crippen molar-refractivity contribution in [2.75, 3.05) is 78.1 Å². The minimum atomic E-state index is -3.71. The second-order valence-corrected chi connectivity index (χ2v) is 9.03. The molecule has 29 heavy (non-hydrogen) atoms. The summed E-state index contributed by atoms with van der Waals surface area (Å²) in [5.74, 6) is 0.466. The van der Waals surface area contributed by atoms with Crippen molar-refractivity contribution < 1.29 is 22.6 Å². The lowest BCUT2D eigenvalue weighted by Gasteiger charge is -2.28. The van der Waals surface area contributed by atoms with Gasteiger partial charge < -0.3 is 24.8 Å². The molecular formula is C18H28N4O5S2. The molecule has 3 rings (SSSR count). The summed E-state index contributed by atoms with van der Waals surface area (Å²) in [6.07, 6.45) is 0. The Morgan fingerprint density at radius 1 is 1.14 bits per heavy atom. The summed E-state index contributed by atoms with van der Waals surface area (Å²) < 4.78 is 43.6. The Bertz CT molecular complexity index is 793. The number of benzene rings is 1. The molecule has 0 aliphatic carbocycles. The number of thiocarbonyl (C=S) groups is 1. The predicted octanol–water partition coefficient (Wildman–Crippen LogP) is 0.335. The Morgan fingerprint density at radius 3 is 2.45 bits per heavy atom. The first kappa shape index (κ1) is 22.2. The first-order chi connectivity index (χ1) is 14.0. The maximum Gasteiger partial charge on any atom is 0.245 e. The summed E-state index contributed by atoms with van der Waals surface area (Å²) in [6, 6.07) is 4.89. The van der Waals surface area contributed by atoms with Gasteiger partial charge in [0.15, 0.2) is 5.11 Å². The van der Waals surface area contributed by atoms with Crippen molar-refractivity contribution in [1.29, 1.82) is 0 Å². The number of methoxy groups -OCH3 is 1. The van der Waals surface area contributed by atoms with Gasteiger partial charge in [-0.1, -0.05) is 0 Å². The molecule has 2 aliphatic rings.